The quantitative estimate of drug-likeness (QED) is 0.805. The van der Waals surface area contributed by atoms with E-state index in [1.54, 1.807) is 6.07 Å². The highest BCUT2D eigenvalue weighted by Crippen LogP contribution is 2.34. The second-order valence-electron chi connectivity index (χ2n) is 3.81. The second kappa shape index (κ2) is 7.35. The van der Waals surface area contributed by atoms with Crippen LogP contribution >= 0.6 is 27.5 Å². The predicted octanol–water partition coefficient (Wildman–Crippen LogP) is 2.79. The maximum atomic E-state index is 11.7. The van der Waals surface area contributed by atoms with Crippen LogP contribution < -0.4 is 15.4 Å². The fourth-order valence-electron chi connectivity index (χ4n) is 1.37. The number of rotatable bonds is 4. The lowest BCUT2D eigenvalue weighted by Gasteiger charge is -2.14. The van der Waals surface area contributed by atoms with Crippen LogP contribution in [0.2, 0.25) is 5.02 Å². The first-order chi connectivity index (χ1) is 9.38. The summed E-state index contributed by atoms with van der Waals surface area (Å²) in [5, 5.41) is 5.36. The number of hydrogen-bond donors (Lipinski definition) is 2. The van der Waals surface area contributed by atoms with Crippen molar-refractivity contribution in [3.63, 3.8) is 0 Å². The maximum absolute atomic E-state index is 11.7. The average Bonchev–Trinajstić information content (AvgIpc) is 2.41. The Hall–Kier alpha value is -1.47. The number of carbonyl (C=O) groups excluding carboxylic acids is 2. The van der Waals surface area contributed by atoms with E-state index >= 15 is 0 Å². The Kier molecular flexibility index (Phi) is 6.09. The number of benzene rings is 1. The summed E-state index contributed by atoms with van der Waals surface area (Å²) in [6.45, 7) is 1.52. The van der Waals surface area contributed by atoms with Crippen molar-refractivity contribution >= 4 is 45.2 Å². The third-order valence-electron chi connectivity index (χ3n) is 2.39. The van der Waals surface area contributed by atoms with Crippen LogP contribution in [0.1, 0.15) is 6.92 Å². The average molecular weight is 366 g/mol. The molecule has 0 unspecified atom stereocenters. The Labute approximate surface area is 129 Å². The zero-order valence-electron chi connectivity index (χ0n) is 11.1. The minimum Gasteiger partial charge on any atom is -0.495 e. The molecule has 2 amide bonds. The molecule has 8 heteroatoms. The van der Waals surface area contributed by atoms with Crippen LogP contribution in [-0.4, -0.2) is 32.3 Å². The van der Waals surface area contributed by atoms with Gasteiger partial charge < -0.3 is 20.1 Å². The molecule has 20 heavy (non-hydrogen) atoms. The van der Waals surface area contributed by atoms with Gasteiger partial charge >= 0.3 is 12.0 Å². The lowest BCUT2D eigenvalue weighted by molar-refractivity contribution is -0.142. The number of ether oxygens (including phenoxy) is 2. The van der Waals surface area contributed by atoms with Crippen LogP contribution in [0.3, 0.4) is 0 Å². The van der Waals surface area contributed by atoms with E-state index in [9.17, 15) is 9.59 Å². The molecule has 0 spiro atoms. The molecule has 0 bridgehead atoms. The van der Waals surface area contributed by atoms with Gasteiger partial charge in [0.2, 0.25) is 0 Å². The summed E-state index contributed by atoms with van der Waals surface area (Å²) < 4.78 is 10.1. The molecule has 0 aliphatic heterocycles. The zero-order valence-corrected chi connectivity index (χ0v) is 13.5. The molecular weight excluding hydrogens is 351 g/mol. The molecular formula is C12H14BrClN2O4. The van der Waals surface area contributed by atoms with Crippen molar-refractivity contribution < 1.29 is 19.1 Å². The van der Waals surface area contributed by atoms with Crippen molar-refractivity contribution in [2.45, 2.75) is 13.0 Å². The molecule has 0 aromatic heterocycles. The monoisotopic (exact) mass is 364 g/mol. The van der Waals surface area contributed by atoms with Crippen LogP contribution in [0.15, 0.2) is 16.6 Å². The van der Waals surface area contributed by atoms with Gasteiger partial charge in [-0.1, -0.05) is 11.6 Å². The third-order valence-corrected chi connectivity index (χ3v) is 3.34. The van der Waals surface area contributed by atoms with Crippen LogP contribution in [0.25, 0.3) is 0 Å². The van der Waals surface area contributed by atoms with Gasteiger partial charge in [-0.25, -0.2) is 9.59 Å². The summed E-state index contributed by atoms with van der Waals surface area (Å²) in [6.07, 6.45) is 0. The number of amides is 2. The highest BCUT2D eigenvalue weighted by Gasteiger charge is 2.17. The van der Waals surface area contributed by atoms with E-state index in [2.05, 4.69) is 31.3 Å². The number of halogens is 2. The van der Waals surface area contributed by atoms with Gasteiger partial charge in [-0.05, 0) is 35.0 Å². The van der Waals surface area contributed by atoms with Crippen molar-refractivity contribution in [2.24, 2.45) is 0 Å². The first-order valence-corrected chi connectivity index (χ1v) is 6.74. The van der Waals surface area contributed by atoms with Gasteiger partial charge in [-0.15, -0.1) is 0 Å². The highest BCUT2D eigenvalue weighted by molar-refractivity contribution is 9.10. The number of carbonyl (C=O) groups is 2. The van der Waals surface area contributed by atoms with Crippen LogP contribution in [0.5, 0.6) is 5.75 Å². The van der Waals surface area contributed by atoms with E-state index in [0.29, 0.717) is 20.9 Å². The van der Waals surface area contributed by atoms with Crippen LogP contribution in [0, 0.1) is 0 Å². The summed E-state index contributed by atoms with van der Waals surface area (Å²) in [6, 6.07) is 1.85. The molecule has 1 atom stereocenters. The largest absolute Gasteiger partial charge is 0.495 e. The number of nitrogens with one attached hydrogen (secondary N) is 2. The van der Waals surface area contributed by atoms with Crippen LogP contribution in [0.4, 0.5) is 10.5 Å². The zero-order chi connectivity index (χ0) is 15.3. The SMILES string of the molecule is COC(=O)[C@@H](C)NC(=O)Nc1cc(Cl)c(OC)cc1Br. The molecule has 0 saturated carbocycles. The Morgan fingerprint density at radius 1 is 1.35 bits per heavy atom. The molecule has 0 fully saturated rings. The van der Waals surface area contributed by atoms with Gasteiger partial charge in [-0.2, -0.15) is 0 Å². The minimum absolute atomic E-state index is 0.354. The summed E-state index contributed by atoms with van der Waals surface area (Å²) in [5.74, 6) is -0.0561. The molecule has 110 valence electrons. The lowest BCUT2D eigenvalue weighted by atomic mass is 10.3. The number of esters is 1. The fourth-order valence-corrected chi connectivity index (χ4v) is 2.03. The normalized spacial score (nSPS) is 11.4. The highest BCUT2D eigenvalue weighted by atomic mass is 79.9. The van der Waals surface area contributed by atoms with E-state index in [-0.39, 0.29) is 0 Å². The van der Waals surface area contributed by atoms with Crippen molar-refractivity contribution in [3.05, 3.63) is 21.6 Å². The fraction of sp³-hybridized carbons (Fsp3) is 0.333. The Morgan fingerprint density at radius 2 is 2.00 bits per heavy atom. The van der Waals surface area contributed by atoms with E-state index < -0.39 is 18.0 Å². The standard InChI is InChI=1S/C12H14BrClN2O4/c1-6(11(17)20-3)15-12(18)16-9-5-8(14)10(19-2)4-7(9)13/h4-6H,1-3H3,(H2,15,16,18)/t6-/m1/s1. The molecule has 0 heterocycles. The summed E-state index contributed by atoms with van der Waals surface area (Å²) in [4.78, 5) is 22.9. The summed E-state index contributed by atoms with van der Waals surface area (Å²) in [7, 11) is 2.74. The first-order valence-electron chi connectivity index (χ1n) is 5.57. The van der Waals surface area contributed by atoms with E-state index in [1.165, 1.54) is 27.2 Å². The first kappa shape index (κ1) is 16.6. The maximum Gasteiger partial charge on any atom is 0.328 e. The van der Waals surface area contributed by atoms with Gasteiger partial charge in [0.25, 0.3) is 0 Å². The molecule has 2 N–H and O–H groups in total. The Morgan fingerprint density at radius 3 is 2.55 bits per heavy atom. The molecule has 0 aliphatic carbocycles. The number of hydrogen-bond acceptors (Lipinski definition) is 4. The summed E-state index contributed by atoms with van der Waals surface area (Å²) >= 11 is 9.26. The van der Waals surface area contributed by atoms with Gasteiger partial charge in [0.15, 0.2) is 0 Å². The lowest BCUT2D eigenvalue weighted by Crippen LogP contribution is -2.41. The van der Waals surface area contributed by atoms with E-state index in [4.69, 9.17) is 16.3 Å². The second-order valence-corrected chi connectivity index (χ2v) is 5.07. The third kappa shape index (κ3) is 4.28. The number of urea groups is 1. The van der Waals surface area contributed by atoms with Crippen molar-refractivity contribution in [2.75, 3.05) is 19.5 Å². The van der Waals surface area contributed by atoms with Crippen LogP contribution in [-0.2, 0) is 9.53 Å². The van der Waals surface area contributed by atoms with Gasteiger partial charge in [0, 0.05) is 4.47 Å². The number of methoxy groups -OCH3 is 2. The molecule has 1 aromatic carbocycles. The van der Waals surface area contributed by atoms with Gasteiger partial charge in [0.05, 0.1) is 24.9 Å². The van der Waals surface area contributed by atoms with Crippen molar-refractivity contribution in [1.29, 1.82) is 0 Å². The molecule has 1 aromatic rings. The van der Waals surface area contributed by atoms with E-state index in [1.807, 2.05) is 0 Å². The molecule has 0 saturated heterocycles. The van der Waals surface area contributed by atoms with Crippen molar-refractivity contribution in [1.82, 2.24) is 5.32 Å². The Balaban J connectivity index is 2.76. The predicted molar refractivity (Wildman–Crippen MR) is 79.3 cm³/mol. The van der Waals surface area contributed by atoms with Gasteiger partial charge in [0.1, 0.15) is 11.8 Å². The molecule has 0 radical (unpaired) electrons. The molecule has 0 aliphatic rings. The molecule has 6 nitrogen and oxygen atoms in total. The smallest absolute Gasteiger partial charge is 0.328 e. The topological polar surface area (TPSA) is 76.7 Å². The number of anilines is 1. The Bertz CT molecular complexity index is 524. The summed E-state index contributed by atoms with van der Waals surface area (Å²) in [5.41, 5.74) is 0.449. The molecule has 1 rings (SSSR count). The van der Waals surface area contributed by atoms with Crippen molar-refractivity contribution in [3.8, 4) is 5.75 Å². The van der Waals surface area contributed by atoms with Gasteiger partial charge in [-0.3, -0.25) is 0 Å². The minimum atomic E-state index is -0.757. The van der Waals surface area contributed by atoms with E-state index in [0.717, 1.165) is 0 Å².